The van der Waals surface area contributed by atoms with Gasteiger partial charge in [0.1, 0.15) is 6.10 Å². The standard InChI is InChI=1S/C21H28F12O4/c1-14(2,3)9-15(4,5)13(34)37-12-7-10(16(35,18(22,23)24)19(25,26)27)6-11(8-12)17(36,20(28,29)30)21(31,32)33/h10-12,35-36H,6-9H2,1-5H3. The van der Waals surface area contributed by atoms with E-state index in [2.05, 4.69) is 0 Å². The van der Waals surface area contributed by atoms with Crippen molar-refractivity contribution in [1.82, 2.24) is 0 Å². The van der Waals surface area contributed by atoms with Crippen molar-refractivity contribution in [3.8, 4) is 0 Å². The zero-order chi connectivity index (χ0) is 29.8. The van der Waals surface area contributed by atoms with E-state index in [1.165, 1.54) is 13.8 Å². The van der Waals surface area contributed by atoms with Gasteiger partial charge in [-0.1, -0.05) is 20.8 Å². The second kappa shape index (κ2) is 9.63. The average Bonchev–Trinajstić information content (AvgIpc) is 2.60. The molecular weight excluding hydrogens is 544 g/mol. The zero-order valence-electron chi connectivity index (χ0n) is 20.3. The summed E-state index contributed by atoms with van der Waals surface area (Å²) < 4.78 is 166. The summed E-state index contributed by atoms with van der Waals surface area (Å²) in [7, 11) is 0. The molecule has 0 aromatic heterocycles. The fraction of sp³-hybridized carbons (Fsp3) is 0.952. The molecule has 16 heteroatoms. The summed E-state index contributed by atoms with van der Waals surface area (Å²) in [6.45, 7) is 7.45. The summed E-state index contributed by atoms with van der Waals surface area (Å²) >= 11 is 0. The van der Waals surface area contributed by atoms with Crippen molar-refractivity contribution >= 4 is 5.97 Å². The highest BCUT2D eigenvalue weighted by molar-refractivity contribution is 5.76. The molecule has 1 saturated carbocycles. The smallest absolute Gasteiger partial charge is 0.426 e. The third kappa shape index (κ3) is 6.59. The van der Waals surface area contributed by atoms with Gasteiger partial charge in [0.05, 0.1) is 5.41 Å². The van der Waals surface area contributed by atoms with E-state index in [4.69, 9.17) is 4.74 Å². The number of halogens is 12. The van der Waals surface area contributed by atoms with Gasteiger partial charge in [0.25, 0.3) is 11.2 Å². The maximum absolute atomic E-state index is 13.5. The Bertz CT molecular complexity index is 744. The Hall–Kier alpha value is -1.45. The lowest BCUT2D eigenvalue weighted by atomic mass is 9.65. The monoisotopic (exact) mass is 572 g/mol. The number of hydrogen-bond donors (Lipinski definition) is 2. The molecule has 0 spiro atoms. The van der Waals surface area contributed by atoms with Crippen LogP contribution in [0, 0.1) is 22.7 Å². The first-order chi connectivity index (χ1) is 15.9. The van der Waals surface area contributed by atoms with Gasteiger partial charge in [0.15, 0.2) is 0 Å². The van der Waals surface area contributed by atoms with Crippen LogP contribution in [0.15, 0.2) is 0 Å². The summed E-state index contributed by atoms with van der Waals surface area (Å²) in [5.74, 6) is -8.08. The zero-order valence-corrected chi connectivity index (χ0v) is 20.3. The summed E-state index contributed by atoms with van der Waals surface area (Å²) in [5.41, 5.74) is -13.6. The SMILES string of the molecule is CC(C)(C)CC(C)(C)C(=O)OC1CC(C(O)(C(F)(F)F)C(F)(F)F)CC(C(O)(C(F)(F)F)C(F)(F)F)C1. The molecule has 1 aliphatic rings. The second-order valence-electron chi connectivity index (χ2n) is 11.3. The van der Waals surface area contributed by atoms with E-state index in [0.717, 1.165) is 0 Å². The highest BCUT2D eigenvalue weighted by Crippen LogP contribution is 2.58. The molecule has 0 amide bonds. The second-order valence-corrected chi connectivity index (χ2v) is 11.3. The molecule has 1 aliphatic carbocycles. The molecule has 1 fully saturated rings. The summed E-state index contributed by atoms with van der Waals surface area (Å²) in [5, 5.41) is 19.5. The van der Waals surface area contributed by atoms with Crippen LogP contribution in [-0.4, -0.2) is 58.2 Å². The number of alkyl halides is 12. The molecule has 4 nitrogen and oxygen atoms in total. The fourth-order valence-corrected chi connectivity index (χ4v) is 5.00. The van der Waals surface area contributed by atoms with Crippen LogP contribution in [0.5, 0.6) is 0 Å². The molecule has 0 aliphatic heterocycles. The molecular formula is C21H28F12O4. The Balaban J connectivity index is 3.67. The number of aliphatic hydroxyl groups is 2. The van der Waals surface area contributed by atoms with E-state index >= 15 is 0 Å². The third-order valence-electron chi connectivity index (χ3n) is 6.37. The van der Waals surface area contributed by atoms with Crippen molar-refractivity contribution in [1.29, 1.82) is 0 Å². The number of carbonyl (C=O) groups is 1. The van der Waals surface area contributed by atoms with Gasteiger partial charge in [0.2, 0.25) is 0 Å². The van der Waals surface area contributed by atoms with Crippen molar-refractivity contribution < 1.29 is 72.4 Å². The molecule has 2 N–H and O–H groups in total. The molecule has 0 aromatic carbocycles. The van der Waals surface area contributed by atoms with Gasteiger partial charge in [-0.15, -0.1) is 0 Å². The number of rotatable bonds is 5. The van der Waals surface area contributed by atoms with Crippen molar-refractivity contribution in [2.45, 2.75) is 102 Å². The van der Waals surface area contributed by atoms with Crippen LogP contribution >= 0.6 is 0 Å². The molecule has 0 radical (unpaired) electrons. The lowest BCUT2D eigenvalue weighted by Crippen LogP contribution is -2.67. The van der Waals surface area contributed by atoms with Gasteiger partial charge < -0.3 is 14.9 Å². The van der Waals surface area contributed by atoms with Gasteiger partial charge in [-0.05, 0) is 44.9 Å². The van der Waals surface area contributed by atoms with Gasteiger partial charge >= 0.3 is 30.7 Å². The first-order valence-electron chi connectivity index (χ1n) is 10.8. The topological polar surface area (TPSA) is 66.8 Å². The van der Waals surface area contributed by atoms with E-state index in [-0.39, 0.29) is 6.42 Å². The minimum absolute atomic E-state index is 0.00247. The summed E-state index contributed by atoms with van der Waals surface area (Å²) in [6, 6.07) is 0. The van der Waals surface area contributed by atoms with Crippen LogP contribution in [-0.2, 0) is 9.53 Å². The van der Waals surface area contributed by atoms with Gasteiger partial charge in [0, 0.05) is 11.8 Å². The van der Waals surface area contributed by atoms with E-state index in [1.54, 1.807) is 20.8 Å². The first kappa shape index (κ1) is 33.6. The third-order valence-corrected chi connectivity index (χ3v) is 6.37. The number of ether oxygens (including phenoxy) is 1. The summed E-state index contributed by atoms with van der Waals surface area (Å²) in [4.78, 5) is 12.7. The number of esters is 1. The van der Waals surface area contributed by atoms with Crippen LogP contribution < -0.4 is 0 Å². The molecule has 0 aromatic rings. The molecule has 0 saturated heterocycles. The van der Waals surface area contributed by atoms with Crippen LogP contribution in [0.3, 0.4) is 0 Å². The largest absolute Gasteiger partial charge is 0.462 e. The maximum atomic E-state index is 13.5. The predicted molar refractivity (Wildman–Crippen MR) is 103 cm³/mol. The van der Waals surface area contributed by atoms with Crippen LogP contribution in [0.2, 0.25) is 0 Å². The van der Waals surface area contributed by atoms with Crippen molar-refractivity contribution in [3.05, 3.63) is 0 Å². The van der Waals surface area contributed by atoms with Gasteiger partial charge in [-0.2, -0.15) is 52.7 Å². The van der Waals surface area contributed by atoms with Crippen molar-refractivity contribution in [2.75, 3.05) is 0 Å². The van der Waals surface area contributed by atoms with Crippen molar-refractivity contribution in [3.63, 3.8) is 0 Å². The highest BCUT2D eigenvalue weighted by Gasteiger charge is 2.78. The van der Waals surface area contributed by atoms with Crippen molar-refractivity contribution in [2.24, 2.45) is 22.7 Å². The molecule has 0 heterocycles. The summed E-state index contributed by atoms with van der Waals surface area (Å²) in [6.07, 6.45) is -34.1. The minimum atomic E-state index is -6.59. The Morgan fingerprint density at radius 1 is 0.649 bits per heavy atom. The van der Waals surface area contributed by atoms with Crippen LogP contribution in [0.4, 0.5) is 52.7 Å². The van der Waals surface area contributed by atoms with Gasteiger partial charge in [-0.3, -0.25) is 4.79 Å². The molecule has 1 rings (SSSR count). The van der Waals surface area contributed by atoms with E-state index in [0.29, 0.717) is 0 Å². The normalized spacial score (nSPS) is 23.7. The molecule has 2 atom stereocenters. The Kier molecular flexibility index (Phi) is 8.74. The van der Waals surface area contributed by atoms with Crippen LogP contribution in [0.1, 0.15) is 60.3 Å². The first-order valence-corrected chi connectivity index (χ1v) is 10.8. The predicted octanol–water partition coefficient (Wildman–Crippen LogP) is 6.49. The number of carbonyl (C=O) groups excluding carboxylic acids is 1. The Morgan fingerprint density at radius 2 is 0.946 bits per heavy atom. The van der Waals surface area contributed by atoms with E-state index < -0.39 is 89.9 Å². The Morgan fingerprint density at radius 3 is 1.19 bits per heavy atom. The minimum Gasteiger partial charge on any atom is -0.462 e. The van der Waals surface area contributed by atoms with E-state index in [9.17, 15) is 67.7 Å². The molecule has 0 bridgehead atoms. The average molecular weight is 572 g/mol. The van der Waals surface area contributed by atoms with Gasteiger partial charge in [-0.25, -0.2) is 0 Å². The van der Waals surface area contributed by atoms with Crippen LogP contribution in [0.25, 0.3) is 0 Å². The Labute approximate surface area is 204 Å². The maximum Gasteiger partial charge on any atom is 0.426 e. The number of hydrogen-bond acceptors (Lipinski definition) is 4. The lowest BCUT2D eigenvalue weighted by Gasteiger charge is -2.48. The molecule has 37 heavy (non-hydrogen) atoms. The lowest BCUT2D eigenvalue weighted by molar-refractivity contribution is -0.405. The highest BCUT2D eigenvalue weighted by atomic mass is 19.4. The fourth-order valence-electron chi connectivity index (χ4n) is 5.00. The molecule has 220 valence electrons. The molecule has 2 unspecified atom stereocenters. The van der Waals surface area contributed by atoms with E-state index in [1.807, 2.05) is 0 Å². The quantitative estimate of drug-likeness (QED) is 0.292.